The fraction of sp³-hybridized carbons (Fsp3) is 0.385. The predicted molar refractivity (Wildman–Crippen MR) is 71.2 cm³/mol. The SMILES string of the molecule is CN(C)CCNC(=O)CNc1ccccc1C#N. The first-order chi connectivity index (χ1) is 8.63. The summed E-state index contributed by atoms with van der Waals surface area (Å²) >= 11 is 0. The Balaban J connectivity index is 2.36. The minimum atomic E-state index is -0.0791. The van der Waals surface area contributed by atoms with Crippen LogP contribution in [0.3, 0.4) is 0 Å². The van der Waals surface area contributed by atoms with Gasteiger partial charge in [-0.1, -0.05) is 12.1 Å². The molecule has 0 heterocycles. The van der Waals surface area contributed by atoms with E-state index in [9.17, 15) is 4.79 Å². The second-order valence-corrected chi connectivity index (χ2v) is 4.16. The predicted octanol–water partition coefficient (Wildman–Crippen LogP) is 0.648. The van der Waals surface area contributed by atoms with Crippen LogP contribution in [0.5, 0.6) is 0 Å². The maximum Gasteiger partial charge on any atom is 0.239 e. The molecule has 1 aromatic rings. The van der Waals surface area contributed by atoms with E-state index in [2.05, 4.69) is 16.7 Å². The van der Waals surface area contributed by atoms with Gasteiger partial charge in [-0.15, -0.1) is 0 Å². The Morgan fingerprint density at radius 1 is 1.39 bits per heavy atom. The number of benzene rings is 1. The summed E-state index contributed by atoms with van der Waals surface area (Å²) in [6.07, 6.45) is 0. The Kier molecular flexibility index (Phi) is 5.68. The molecule has 0 aliphatic heterocycles. The molecule has 5 heteroatoms. The van der Waals surface area contributed by atoms with Gasteiger partial charge in [0.15, 0.2) is 0 Å². The van der Waals surface area contributed by atoms with E-state index in [1.54, 1.807) is 18.2 Å². The molecule has 1 aromatic carbocycles. The zero-order valence-electron chi connectivity index (χ0n) is 10.7. The van der Waals surface area contributed by atoms with Crippen LogP contribution in [-0.2, 0) is 4.79 Å². The maximum absolute atomic E-state index is 11.5. The number of hydrogen-bond acceptors (Lipinski definition) is 4. The number of hydrogen-bond donors (Lipinski definition) is 2. The van der Waals surface area contributed by atoms with Gasteiger partial charge in [0.2, 0.25) is 5.91 Å². The van der Waals surface area contributed by atoms with Gasteiger partial charge in [0, 0.05) is 13.1 Å². The molecule has 0 radical (unpaired) electrons. The van der Waals surface area contributed by atoms with Crippen molar-refractivity contribution in [1.29, 1.82) is 5.26 Å². The number of nitrogens with one attached hydrogen (secondary N) is 2. The molecule has 5 nitrogen and oxygen atoms in total. The Morgan fingerprint density at radius 2 is 2.11 bits per heavy atom. The lowest BCUT2D eigenvalue weighted by Crippen LogP contribution is -2.35. The van der Waals surface area contributed by atoms with Gasteiger partial charge >= 0.3 is 0 Å². The lowest BCUT2D eigenvalue weighted by atomic mass is 10.2. The molecule has 0 atom stereocenters. The molecule has 96 valence electrons. The van der Waals surface area contributed by atoms with Crippen molar-refractivity contribution in [2.24, 2.45) is 0 Å². The first kappa shape index (κ1) is 14.0. The molecule has 0 aliphatic rings. The second-order valence-electron chi connectivity index (χ2n) is 4.16. The summed E-state index contributed by atoms with van der Waals surface area (Å²) in [7, 11) is 3.90. The van der Waals surface area contributed by atoms with Crippen molar-refractivity contribution in [2.75, 3.05) is 39.0 Å². The van der Waals surface area contributed by atoms with E-state index >= 15 is 0 Å². The molecule has 0 aromatic heterocycles. The third-order valence-electron chi connectivity index (χ3n) is 2.37. The van der Waals surface area contributed by atoms with Crippen LogP contribution in [0, 0.1) is 11.3 Å². The monoisotopic (exact) mass is 246 g/mol. The average molecular weight is 246 g/mol. The van der Waals surface area contributed by atoms with Crippen molar-refractivity contribution in [3.8, 4) is 6.07 Å². The second kappa shape index (κ2) is 7.30. The molecule has 1 amide bonds. The quantitative estimate of drug-likeness (QED) is 0.773. The zero-order valence-corrected chi connectivity index (χ0v) is 10.7. The van der Waals surface area contributed by atoms with E-state index in [-0.39, 0.29) is 12.5 Å². The van der Waals surface area contributed by atoms with Gasteiger partial charge in [-0.25, -0.2) is 0 Å². The largest absolute Gasteiger partial charge is 0.375 e. The molecule has 18 heavy (non-hydrogen) atoms. The summed E-state index contributed by atoms with van der Waals surface area (Å²) in [6.45, 7) is 1.60. The van der Waals surface area contributed by atoms with Crippen molar-refractivity contribution in [3.05, 3.63) is 29.8 Å². The summed E-state index contributed by atoms with van der Waals surface area (Å²) in [6, 6.07) is 9.19. The maximum atomic E-state index is 11.5. The van der Waals surface area contributed by atoms with E-state index in [0.717, 1.165) is 6.54 Å². The average Bonchev–Trinajstić information content (AvgIpc) is 2.36. The molecule has 0 saturated heterocycles. The van der Waals surface area contributed by atoms with Crippen LogP contribution < -0.4 is 10.6 Å². The van der Waals surface area contributed by atoms with Crippen LogP contribution >= 0.6 is 0 Å². The van der Waals surface area contributed by atoms with Crippen molar-refractivity contribution in [1.82, 2.24) is 10.2 Å². The number of nitriles is 1. The molecule has 0 fully saturated rings. The van der Waals surface area contributed by atoms with Gasteiger partial charge in [-0.05, 0) is 26.2 Å². The standard InChI is InChI=1S/C13H18N4O/c1-17(2)8-7-15-13(18)10-16-12-6-4-3-5-11(12)9-14/h3-6,16H,7-8,10H2,1-2H3,(H,15,18). The normalized spacial score (nSPS) is 9.89. The number of rotatable bonds is 6. The Hall–Kier alpha value is -2.06. The molecule has 0 saturated carbocycles. The molecule has 2 N–H and O–H groups in total. The number of nitrogens with zero attached hydrogens (tertiary/aromatic N) is 2. The Bertz CT molecular complexity index is 437. The van der Waals surface area contributed by atoms with Crippen molar-refractivity contribution < 1.29 is 4.79 Å². The number of anilines is 1. The van der Waals surface area contributed by atoms with Crippen molar-refractivity contribution >= 4 is 11.6 Å². The van der Waals surface area contributed by atoms with E-state index < -0.39 is 0 Å². The summed E-state index contributed by atoms with van der Waals surface area (Å²) in [5, 5.41) is 14.6. The number of amides is 1. The number of para-hydroxylation sites is 1. The molecule has 0 unspecified atom stereocenters. The number of likely N-dealkylation sites (N-methyl/N-ethyl adjacent to an activating group) is 1. The third-order valence-corrected chi connectivity index (χ3v) is 2.37. The number of carbonyl (C=O) groups excluding carboxylic acids is 1. The summed E-state index contributed by atoms with van der Waals surface area (Å²) in [4.78, 5) is 13.5. The molecular weight excluding hydrogens is 228 g/mol. The molecule has 0 bridgehead atoms. The van der Waals surface area contributed by atoms with Gasteiger partial charge in [-0.3, -0.25) is 4.79 Å². The topological polar surface area (TPSA) is 68.2 Å². The smallest absolute Gasteiger partial charge is 0.239 e. The van der Waals surface area contributed by atoms with Gasteiger partial charge < -0.3 is 15.5 Å². The van der Waals surface area contributed by atoms with E-state index in [1.165, 1.54) is 0 Å². The highest BCUT2D eigenvalue weighted by Gasteiger charge is 2.03. The lowest BCUT2D eigenvalue weighted by Gasteiger charge is -2.11. The molecule has 0 aliphatic carbocycles. The highest BCUT2D eigenvalue weighted by atomic mass is 16.1. The first-order valence-electron chi connectivity index (χ1n) is 5.78. The Morgan fingerprint density at radius 3 is 2.78 bits per heavy atom. The van der Waals surface area contributed by atoms with Crippen LogP contribution in [0.25, 0.3) is 0 Å². The first-order valence-corrected chi connectivity index (χ1v) is 5.78. The van der Waals surface area contributed by atoms with Crippen LogP contribution in [0.1, 0.15) is 5.56 Å². The van der Waals surface area contributed by atoms with E-state index in [0.29, 0.717) is 17.8 Å². The van der Waals surface area contributed by atoms with Gasteiger partial charge in [0.25, 0.3) is 0 Å². The van der Waals surface area contributed by atoms with Gasteiger partial charge in [0.05, 0.1) is 17.8 Å². The van der Waals surface area contributed by atoms with E-state index in [1.807, 2.05) is 25.1 Å². The van der Waals surface area contributed by atoms with Crippen molar-refractivity contribution in [3.63, 3.8) is 0 Å². The minimum absolute atomic E-state index is 0.0791. The zero-order chi connectivity index (χ0) is 13.4. The fourth-order valence-corrected chi connectivity index (χ4v) is 1.39. The third kappa shape index (κ3) is 4.85. The highest BCUT2D eigenvalue weighted by molar-refractivity contribution is 5.81. The Labute approximate surface area is 107 Å². The van der Waals surface area contributed by atoms with Crippen LogP contribution in [0.15, 0.2) is 24.3 Å². The van der Waals surface area contributed by atoms with E-state index in [4.69, 9.17) is 5.26 Å². The van der Waals surface area contributed by atoms with Crippen LogP contribution in [0.4, 0.5) is 5.69 Å². The number of carbonyl (C=O) groups is 1. The summed E-state index contributed by atoms with van der Waals surface area (Å²) in [5.74, 6) is -0.0791. The van der Waals surface area contributed by atoms with Gasteiger partial charge in [-0.2, -0.15) is 5.26 Å². The lowest BCUT2D eigenvalue weighted by molar-refractivity contribution is -0.119. The highest BCUT2D eigenvalue weighted by Crippen LogP contribution is 2.12. The molecular formula is C13H18N4O. The van der Waals surface area contributed by atoms with Gasteiger partial charge in [0.1, 0.15) is 6.07 Å². The fourth-order valence-electron chi connectivity index (χ4n) is 1.39. The van der Waals surface area contributed by atoms with Crippen LogP contribution in [-0.4, -0.2) is 44.5 Å². The van der Waals surface area contributed by atoms with Crippen molar-refractivity contribution in [2.45, 2.75) is 0 Å². The summed E-state index contributed by atoms with van der Waals surface area (Å²) < 4.78 is 0. The summed E-state index contributed by atoms with van der Waals surface area (Å²) in [5.41, 5.74) is 1.22. The minimum Gasteiger partial charge on any atom is -0.375 e. The molecule has 0 spiro atoms. The molecule has 1 rings (SSSR count). The van der Waals surface area contributed by atoms with Crippen LogP contribution in [0.2, 0.25) is 0 Å².